The fourth-order valence-electron chi connectivity index (χ4n) is 3.40. The summed E-state index contributed by atoms with van der Waals surface area (Å²) < 4.78 is 32.5. The van der Waals surface area contributed by atoms with Crippen molar-refractivity contribution in [3.8, 4) is 0 Å². The topological polar surface area (TPSA) is 46.6 Å². The van der Waals surface area contributed by atoms with Gasteiger partial charge in [-0.2, -0.15) is 0 Å². The van der Waals surface area contributed by atoms with Crippen molar-refractivity contribution in [2.24, 2.45) is 5.92 Å². The molecule has 3 atom stereocenters. The first kappa shape index (κ1) is 19.0. The van der Waals surface area contributed by atoms with Crippen LogP contribution in [0, 0.1) is 17.6 Å². The third-order valence-electron chi connectivity index (χ3n) is 4.96. The van der Waals surface area contributed by atoms with Crippen molar-refractivity contribution in [1.82, 2.24) is 4.90 Å². The Balaban J connectivity index is 1.79. The zero-order valence-corrected chi connectivity index (χ0v) is 15.2. The molecule has 1 fully saturated rings. The number of amides is 2. The molecule has 0 bridgehead atoms. The largest absolute Gasteiger partial charge is 0.439 e. The number of carbonyl (C=O) groups is 2. The Morgan fingerprint density at radius 2 is 1.89 bits per heavy atom. The molecule has 0 spiro atoms. The number of halogens is 2. The minimum Gasteiger partial charge on any atom is -0.439 e. The Morgan fingerprint density at radius 1 is 1.19 bits per heavy atom. The second-order valence-electron chi connectivity index (χ2n) is 6.71. The number of cyclic esters (lactones) is 1. The maximum Gasteiger partial charge on any atom is 0.417 e. The van der Waals surface area contributed by atoms with Gasteiger partial charge in [-0.25, -0.2) is 18.5 Å². The second kappa shape index (κ2) is 7.86. The zero-order chi connectivity index (χ0) is 19.6. The van der Waals surface area contributed by atoms with Crippen LogP contribution in [0.1, 0.15) is 37.5 Å². The number of ether oxygens (including phenoxy) is 1. The number of hydrogen-bond acceptors (Lipinski definition) is 3. The normalized spacial score (nSPS) is 20.4. The van der Waals surface area contributed by atoms with Crippen LogP contribution >= 0.6 is 0 Å². The van der Waals surface area contributed by atoms with E-state index >= 15 is 0 Å². The molecule has 3 rings (SSSR count). The third kappa shape index (κ3) is 3.84. The highest BCUT2D eigenvalue weighted by Crippen LogP contribution is 2.34. The summed E-state index contributed by atoms with van der Waals surface area (Å²) in [5, 5.41) is 0. The molecule has 4 nitrogen and oxygen atoms in total. The number of benzene rings is 2. The number of nitrogens with zero attached hydrogens (tertiary/aromatic N) is 1. The molecular weight excluding hydrogens is 352 g/mol. The summed E-state index contributed by atoms with van der Waals surface area (Å²) in [5.74, 6) is -2.37. The molecule has 0 radical (unpaired) electrons. The Hall–Kier alpha value is -2.76. The minimum atomic E-state index is -0.695. The van der Waals surface area contributed by atoms with Crippen molar-refractivity contribution in [3.63, 3.8) is 0 Å². The highest BCUT2D eigenvalue weighted by atomic mass is 19.1. The molecular formula is C21H21F2NO3. The van der Waals surface area contributed by atoms with Gasteiger partial charge in [0.1, 0.15) is 17.7 Å². The van der Waals surface area contributed by atoms with Gasteiger partial charge in [0.2, 0.25) is 5.91 Å². The van der Waals surface area contributed by atoms with E-state index in [1.807, 2.05) is 30.3 Å². The van der Waals surface area contributed by atoms with Gasteiger partial charge in [0.15, 0.2) is 0 Å². The average molecular weight is 373 g/mol. The maximum atomic E-state index is 14.0. The molecule has 2 amide bonds. The first-order valence-corrected chi connectivity index (χ1v) is 8.95. The minimum absolute atomic E-state index is 0.0912. The molecule has 2 aromatic carbocycles. The highest BCUT2D eigenvalue weighted by molar-refractivity contribution is 5.95. The lowest BCUT2D eigenvalue weighted by Crippen LogP contribution is -2.42. The molecule has 1 aliphatic rings. The molecule has 1 aliphatic heterocycles. The van der Waals surface area contributed by atoms with Gasteiger partial charge in [-0.05, 0) is 37.0 Å². The summed E-state index contributed by atoms with van der Waals surface area (Å²) >= 11 is 0. The van der Waals surface area contributed by atoms with Crippen LogP contribution in [0.25, 0.3) is 0 Å². The molecule has 6 heteroatoms. The summed E-state index contributed by atoms with van der Waals surface area (Å²) in [7, 11) is 0. The van der Waals surface area contributed by atoms with E-state index in [9.17, 15) is 18.4 Å². The number of carbonyl (C=O) groups excluding carboxylic acids is 2. The fraction of sp³-hybridized carbons (Fsp3) is 0.333. The van der Waals surface area contributed by atoms with Gasteiger partial charge in [-0.3, -0.25) is 4.79 Å². The Labute approximate surface area is 156 Å². The summed E-state index contributed by atoms with van der Waals surface area (Å²) in [6.07, 6.45) is -0.724. The summed E-state index contributed by atoms with van der Waals surface area (Å²) in [4.78, 5) is 26.5. The highest BCUT2D eigenvalue weighted by Gasteiger charge is 2.44. The fourth-order valence-corrected chi connectivity index (χ4v) is 3.40. The van der Waals surface area contributed by atoms with E-state index in [1.165, 1.54) is 6.07 Å². The van der Waals surface area contributed by atoms with E-state index in [0.717, 1.165) is 22.6 Å². The Morgan fingerprint density at radius 3 is 2.52 bits per heavy atom. The third-order valence-corrected chi connectivity index (χ3v) is 4.96. The molecule has 0 aromatic heterocycles. The standard InChI is InChI=1S/C21H21F2NO3/c1-3-14(11-16-9-10-17(22)12-18(16)23)20(25)24-13(2)19(27-21(24)26)15-7-5-4-6-8-15/h4-10,12-14,19H,3,11H2,1-2H3/t13-,14?,19-/m1/s1. The van der Waals surface area contributed by atoms with Crippen molar-refractivity contribution in [3.05, 3.63) is 71.3 Å². The lowest BCUT2D eigenvalue weighted by atomic mass is 9.94. The summed E-state index contributed by atoms with van der Waals surface area (Å²) in [6, 6.07) is 12.0. The Kier molecular flexibility index (Phi) is 5.54. The van der Waals surface area contributed by atoms with E-state index in [1.54, 1.807) is 13.8 Å². The average Bonchev–Trinajstić information content (AvgIpc) is 2.95. The van der Waals surface area contributed by atoms with Crippen LogP contribution in [0.2, 0.25) is 0 Å². The van der Waals surface area contributed by atoms with Gasteiger partial charge < -0.3 is 4.74 Å². The van der Waals surface area contributed by atoms with Crippen LogP contribution in [0.5, 0.6) is 0 Å². The van der Waals surface area contributed by atoms with Gasteiger partial charge in [0.05, 0.1) is 6.04 Å². The first-order chi connectivity index (χ1) is 12.9. The number of rotatable bonds is 5. The lowest BCUT2D eigenvalue weighted by Gasteiger charge is -2.24. The molecule has 142 valence electrons. The van der Waals surface area contributed by atoms with Crippen LogP contribution in [-0.2, 0) is 16.0 Å². The smallest absolute Gasteiger partial charge is 0.417 e. The molecule has 2 aromatic rings. The van der Waals surface area contributed by atoms with Crippen LogP contribution in [-0.4, -0.2) is 22.9 Å². The van der Waals surface area contributed by atoms with Gasteiger partial charge in [0.25, 0.3) is 0 Å². The van der Waals surface area contributed by atoms with E-state index in [2.05, 4.69) is 0 Å². The van der Waals surface area contributed by atoms with Gasteiger partial charge in [-0.1, -0.05) is 43.3 Å². The number of hydrogen-bond donors (Lipinski definition) is 0. The van der Waals surface area contributed by atoms with Crippen molar-refractivity contribution in [1.29, 1.82) is 0 Å². The van der Waals surface area contributed by atoms with Crippen molar-refractivity contribution >= 4 is 12.0 Å². The number of imide groups is 1. The SMILES string of the molecule is CCC(Cc1ccc(F)cc1F)C(=O)N1C(=O)O[C@@H](c2ccccc2)[C@H]1C. The van der Waals surface area contributed by atoms with E-state index in [0.29, 0.717) is 6.42 Å². The van der Waals surface area contributed by atoms with Crippen LogP contribution in [0.4, 0.5) is 13.6 Å². The van der Waals surface area contributed by atoms with E-state index in [-0.39, 0.29) is 12.0 Å². The molecule has 1 heterocycles. The van der Waals surface area contributed by atoms with Gasteiger partial charge in [0, 0.05) is 12.0 Å². The van der Waals surface area contributed by atoms with Crippen LogP contribution < -0.4 is 0 Å². The quantitative estimate of drug-likeness (QED) is 0.767. The first-order valence-electron chi connectivity index (χ1n) is 8.95. The molecule has 0 saturated carbocycles. The van der Waals surface area contributed by atoms with E-state index in [4.69, 9.17) is 4.74 Å². The van der Waals surface area contributed by atoms with Crippen molar-refractivity contribution in [2.75, 3.05) is 0 Å². The lowest BCUT2D eigenvalue weighted by molar-refractivity contribution is -0.133. The maximum absolute atomic E-state index is 14.0. The second-order valence-corrected chi connectivity index (χ2v) is 6.71. The predicted octanol–water partition coefficient (Wildman–Crippen LogP) is 4.64. The van der Waals surface area contributed by atoms with Crippen LogP contribution in [0.3, 0.4) is 0 Å². The van der Waals surface area contributed by atoms with Crippen LogP contribution in [0.15, 0.2) is 48.5 Å². The molecule has 0 N–H and O–H groups in total. The van der Waals surface area contributed by atoms with Gasteiger partial charge >= 0.3 is 6.09 Å². The van der Waals surface area contributed by atoms with Crippen molar-refractivity contribution in [2.45, 2.75) is 38.8 Å². The zero-order valence-electron chi connectivity index (χ0n) is 15.2. The summed E-state index contributed by atoms with van der Waals surface area (Å²) in [6.45, 7) is 3.55. The molecule has 1 unspecified atom stereocenters. The molecule has 1 saturated heterocycles. The van der Waals surface area contributed by atoms with Crippen molar-refractivity contribution < 1.29 is 23.1 Å². The monoisotopic (exact) mass is 373 g/mol. The predicted molar refractivity (Wildman–Crippen MR) is 95.8 cm³/mol. The summed E-state index contributed by atoms with van der Waals surface area (Å²) in [5.41, 5.74) is 1.06. The molecule has 27 heavy (non-hydrogen) atoms. The Bertz CT molecular complexity index is 841. The van der Waals surface area contributed by atoms with Gasteiger partial charge in [-0.15, -0.1) is 0 Å². The molecule has 0 aliphatic carbocycles. The van der Waals surface area contributed by atoms with E-state index < -0.39 is 41.7 Å².